The molecule has 0 saturated carbocycles. The molecule has 1 N–H and O–H groups in total. The van der Waals surface area contributed by atoms with Crippen molar-refractivity contribution in [3.05, 3.63) is 24.0 Å². The highest BCUT2D eigenvalue weighted by Crippen LogP contribution is 2.33. The Morgan fingerprint density at radius 3 is 2.90 bits per heavy atom. The van der Waals surface area contributed by atoms with E-state index in [1.165, 1.54) is 0 Å². The maximum Gasteiger partial charge on any atom is 0.270 e. The maximum absolute atomic E-state index is 12.5. The third kappa shape index (κ3) is 2.55. The van der Waals surface area contributed by atoms with Gasteiger partial charge in [-0.2, -0.15) is 0 Å². The summed E-state index contributed by atoms with van der Waals surface area (Å²) in [7, 11) is 4.02. The number of carbonyl (C=O) groups excluding carboxylic acids is 2. The number of fused-ring (bicyclic) bond motifs is 1. The minimum Gasteiger partial charge on any atom is -0.357 e. The van der Waals surface area contributed by atoms with Crippen molar-refractivity contribution in [3.8, 4) is 0 Å². The van der Waals surface area contributed by atoms with Crippen molar-refractivity contribution in [2.75, 3.05) is 33.7 Å². The molecule has 0 unspecified atom stereocenters. The van der Waals surface area contributed by atoms with Crippen LogP contribution in [0.4, 0.5) is 0 Å². The van der Waals surface area contributed by atoms with Crippen molar-refractivity contribution in [1.82, 2.24) is 19.7 Å². The molecular formula is C15H22N4O2. The molecule has 2 aliphatic rings. The molecule has 2 aliphatic heterocycles. The summed E-state index contributed by atoms with van der Waals surface area (Å²) < 4.78 is 0. The molecule has 0 aromatic carbocycles. The largest absolute Gasteiger partial charge is 0.357 e. The van der Waals surface area contributed by atoms with Gasteiger partial charge in [-0.15, -0.1) is 0 Å². The number of hydrogen-bond donors (Lipinski definition) is 1. The number of nitrogens with one attached hydrogen (secondary N) is 1. The third-order valence-corrected chi connectivity index (χ3v) is 4.49. The van der Waals surface area contributed by atoms with Crippen LogP contribution in [-0.4, -0.2) is 77.3 Å². The van der Waals surface area contributed by atoms with Gasteiger partial charge in [0.05, 0.1) is 12.1 Å². The smallest absolute Gasteiger partial charge is 0.270 e. The Kier molecular flexibility index (Phi) is 3.71. The van der Waals surface area contributed by atoms with Crippen molar-refractivity contribution in [2.45, 2.75) is 24.9 Å². The van der Waals surface area contributed by atoms with E-state index < -0.39 is 0 Å². The molecule has 0 radical (unpaired) electrons. The van der Waals surface area contributed by atoms with Crippen LogP contribution < -0.4 is 0 Å². The predicted octanol–water partition coefficient (Wildman–Crippen LogP) is 0.392. The van der Waals surface area contributed by atoms with Gasteiger partial charge in [0.1, 0.15) is 5.69 Å². The van der Waals surface area contributed by atoms with Gasteiger partial charge in [0.2, 0.25) is 5.91 Å². The maximum atomic E-state index is 12.5. The summed E-state index contributed by atoms with van der Waals surface area (Å²) in [5.41, 5.74) is 0.606. The van der Waals surface area contributed by atoms with Crippen molar-refractivity contribution in [2.24, 2.45) is 0 Å². The zero-order valence-corrected chi connectivity index (χ0v) is 12.6. The molecule has 21 heavy (non-hydrogen) atoms. The molecule has 0 bridgehead atoms. The van der Waals surface area contributed by atoms with Gasteiger partial charge in [0, 0.05) is 32.3 Å². The van der Waals surface area contributed by atoms with Crippen LogP contribution in [0.25, 0.3) is 0 Å². The van der Waals surface area contributed by atoms with E-state index in [1.807, 2.05) is 30.0 Å². The average Bonchev–Trinajstić information content (AvgIpc) is 3.12. The summed E-state index contributed by atoms with van der Waals surface area (Å²) in [5.74, 6) is 0.186. The highest BCUT2D eigenvalue weighted by molar-refractivity contribution is 5.94. The first-order chi connectivity index (χ1) is 10.1. The van der Waals surface area contributed by atoms with E-state index in [9.17, 15) is 9.59 Å². The molecule has 6 nitrogen and oxygen atoms in total. The number of nitrogens with zero attached hydrogens (tertiary/aromatic N) is 3. The fraction of sp³-hybridized carbons (Fsp3) is 0.600. The highest BCUT2D eigenvalue weighted by atomic mass is 16.2. The van der Waals surface area contributed by atoms with Gasteiger partial charge in [0.15, 0.2) is 0 Å². The third-order valence-electron chi connectivity index (χ3n) is 4.49. The van der Waals surface area contributed by atoms with Crippen LogP contribution in [-0.2, 0) is 4.79 Å². The lowest BCUT2D eigenvalue weighted by atomic mass is 10.1. The van der Waals surface area contributed by atoms with Gasteiger partial charge >= 0.3 is 0 Å². The zero-order valence-electron chi connectivity index (χ0n) is 12.6. The van der Waals surface area contributed by atoms with Crippen molar-refractivity contribution >= 4 is 11.8 Å². The number of hydrogen-bond acceptors (Lipinski definition) is 3. The molecule has 2 saturated heterocycles. The molecular weight excluding hydrogens is 268 g/mol. The predicted molar refractivity (Wildman–Crippen MR) is 78.9 cm³/mol. The van der Waals surface area contributed by atoms with Crippen LogP contribution >= 0.6 is 0 Å². The van der Waals surface area contributed by atoms with E-state index >= 15 is 0 Å². The van der Waals surface area contributed by atoms with E-state index in [0.29, 0.717) is 12.1 Å². The minimum absolute atomic E-state index is 0.00904. The van der Waals surface area contributed by atoms with Crippen LogP contribution in [0.2, 0.25) is 0 Å². The lowest BCUT2D eigenvalue weighted by molar-refractivity contribution is -0.129. The first-order valence-corrected chi connectivity index (χ1v) is 7.46. The number of amides is 2. The first kappa shape index (κ1) is 14.1. The monoisotopic (exact) mass is 290 g/mol. The van der Waals surface area contributed by atoms with Crippen molar-refractivity contribution < 1.29 is 9.59 Å². The van der Waals surface area contributed by atoms with Gasteiger partial charge in [-0.3, -0.25) is 9.59 Å². The zero-order chi connectivity index (χ0) is 15.0. The van der Waals surface area contributed by atoms with Crippen LogP contribution in [0.15, 0.2) is 18.3 Å². The number of carbonyl (C=O) groups is 2. The summed E-state index contributed by atoms with van der Waals surface area (Å²) in [6, 6.07) is 3.84. The molecule has 2 atom stereocenters. The lowest BCUT2D eigenvalue weighted by Crippen LogP contribution is -2.41. The fourth-order valence-electron chi connectivity index (χ4n) is 3.40. The normalized spacial score (nSPS) is 25.0. The second kappa shape index (κ2) is 5.52. The molecule has 2 amide bonds. The van der Waals surface area contributed by atoms with E-state index in [1.54, 1.807) is 12.3 Å². The van der Waals surface area contributed by atoms with Gasteiger partial charge in [-0.1, -0.05) is 0 Å². The Morgan fingerprint density at radius 2 is 2.24 bits per heavy atom. The average molecular weight is 290 g/mol. The molecule has 3 heterocycles. The van der Waals surface area contributed by atoms with Gasteiger partial charge < -0.3 is 19.7 Å². The molecule has 3 rings (SSSR count). The molecule has 1 aromatic rings. The topological polar surface area (TPSA) is 59.6 Å². The molecule has 6 heteroatoms. The van der Waals surface area contributed by atoms with E-state index in [4.69, 9.17) is 0 Å². The van der Waals surface area contributed by atoms with Crippen LogP contribution in [0.5, 0.6) is 0 Å². The molecule has 1 aromatic heterocycles. The van der Waals surface area contributed by atoms with E-state index in [2.05, 4.69) is 9.88 Å². The van der Waals surface area contributed by atoms with Gasteiger partial charge in [-0.25, -0.2) is 0 Å². The Hall–Kier alpha value is -1.82. The summed E-state index contributed by atoms with van der Waals surface area (Å²) in [6.07, 6.45) is 3.10. The number of aromatic amines is 1. The van der Waals surface area contributed by atoms with Gasteiger partial charge in [0.25, 0.3) is 5.91 Å². The number of H-pyrrole nitrogens is 1. The second-order valence-electron chi connectivity index (χ2n) is 6.10. The minimum atomic E-state index is 0.00904. The molecule has 0 spiro atoms. The summed E-state index contributed by atoms with van der Waals surface area (Å²) in [5, 5.41) is 0. The second-order valence-corrected chi connectivity index (χ2v) is 6.10. The van der Waals surface area contributed by atoms with Crippen LogP contribution in [0.3, 0.4) is 0 Å². The Bertz CT molecular complexity index is 526. The van der Waals surface area contributed by atoms with Crippen LogP contribution in [0, 0.1) is 0 Å². The Balaban J connectivity index is 1.70. The van der Waals surface area contributed by atoms with E-state index in [-0.39, 0.29) is 23.9 Å². The first-order valence-electron chi connectivity index (χ1n) is 7.46. The Morgan fingerprint density at radius 1 is 1.43 bits per heavy atom. The summed E-state index contributed by atoms with van der Waals surface area (Å²) in [6.45, 7) is 2.34. The highest BCUT2D eigenvalue weighted by Gasteiger charge is 2.48. The van der Waals surface area contributed by atoms with Crippen LogP contribution in [0.1, 0.15) is 23.3 Å². The number of aromatic nitrogens is 1. The van der Waals surface area contributed by atoms with Crippen molar-refractivity contribution in [1.29, 1.82) is 0 Å². The fourth-order valence-corrected chi connectivity index (χ4v) is 3.40. The molecule has 2 fully saturated rings. The molecule has 114 valence electrons. The summed E-state index contributed by atoms with van der Waals surface area (Å²) in [4.78, 5) is 33.6. The van der Waals surface area contributed by atoms with Gasteiger partial charge in [-0.05, 0) is 32.6 Å². The number of rotatable bonds is 4. The Labute approximate surface area is 124 Å². The lowest BCUT2D eigenvalue weighted by Gasteiger charge is -2.26. The summed E-state index contributed by atoms with van der Waals surface area (Å²) >= 11 is 0. The molecule has 0 aliphatic carbocycles. The van der Waals surface area contributed by atoms with E-state index in [0.717, 1.165) is 26.1 Å². The van der Waals surface area contributed by atoms with Crippen molar-refractivity contribution in [3.63, 3.8) is 0 Å². The number of likely N-dealkylation sites (N-methyl/N-ethyl adjacent to an activating group) is 1. The SMILES string of the molecule is CN(C)CCN1C(=O)C[C@H]2[C@H]1CCN2C(=O)c1ccc[nH]1. The number of likely N-dealkylation sites (tertiary alicyclic amines) is 2. The standard InChI is InChI=1S/C15H22N4O2/c1-17(2)8-9-18-12-5-7-19(13(12)10-14(18)20)15(21)11-4-3-6-16-11/h3-4,6,12-13,16H,5,7-10H2,1-2H3/t12-,13+/m1/s1. The quantitative estimate of drug-likeness (QED) is 0.873.